The van der Waals surface area contributed by atoms with E-state index in [1.165, 1.54) is 10.9 Å². The third-order valence-electron chi connectivity index (χ3n) is 5.12. The lowest BCUT2D eigenvalue weighted by Gasteiger charge is -2.15. The Balaban J connectivity index is 1.27. The predicted octanol–water partition coefficient (Wildman–Crippen LogP) is 3.02. The molecule has 6 heteroatoms. The fourth-order valence-electron chi connectivity index (χ4n) is 3.52. The van der Waals surface area contributed by atoms with Crippen LogP contribution in [0.3, 0.4) is 0 Å². The van der Waals surface area contributed by atoms with Crippen LogP contribution in [-0.4, -0.2) is 37.2 Å². The van der Waals surface area contributed by atoms with Gasteiger partial charge in [0.1, 0.15) is 18.1 Å². The summed E-state index contributed by atoms with van der Waals surface area (Å²) in [6.07, 6.45) is 2.98. The number of H-pyrrole nitrogens is 1. The Morgan fingerprint density at radius 2 is 2.04 bits per heavy atom. The summed E-state index contributed by atoms with van der Waals surface area (Å²) < 4.78 is 11.2. The minimum absolute atomic E-state index is 0.00788. The minimum Gasteiger partial charge on any atom is -0.497 e. The van der Waals surface area contributed by atoms with Gasteiger partial charge in [0.15, 0.2) is 0 Å². The van der Waals surface area contributed by atoms with Crippen LogP contribution in [0.15, 0.2) is 42.6 Å². The van der Waals surface area contributed by atoms with Gasteiger partial charge in [-0.2, -0.15) is 0 Å². The number of benzene rings is 2. The van der Waals surface area contributed by atoms with Gasteiger partial charge in [-0.05, 0) is 67.4 Å². The number of amides is 1. The Hall–Kier alpha value is -2.99. The van der Waals surface area contributed by atoms with E-state index in [0.29, 0.717) is 13.2 Å². The zero-order valence-electron chi connectivity index (χ0n) is 16.2. The first kappa shape index (κ1) is 18.4. The number of fused-ring (bicyclic) bond motifs is 2. The first-order valence-corrected chi connectivity index (χ1v) is 9.55. The lowest BCUT2D eigenvalue weighted by Crippen LogP contribution is -2.33. The first-order chi connectivity index (χ1) is 13.6. The molecular weight excluding hydrogens is 354 g/mol. The summed E-state index contributed by atoms with van der Waals surface area (Å²) in [6, 6.07) is 11.9. The highest BCUT2D eigenvalue weighted by Gasteiger charge is 2.18. The quantitative estimate of drug-likeness (QED) is 0.562. The molecule has 2 heterocycles. The number of hydrogen-bond acceptors (Lipinski definition) is 4. The fourth-order valence-corrected chi connectivity index (χ4v) is 3.52. The number of hydrogen-bond donors (Lipinski definition) is 3. The molecule has 1 aliphatic heterocycles. The average Bonchev–Trinajstić information content (AvgIpc) is 3.29. The van der Waals surface area contributed by atoms with Crippen molar-refractivity contribution in [3.8, 4) is 11.5 Å². The number of carbonyl (C=O) groups is 1. The second-order valence-electron chi connectivity index (χ2n) is 7.14. The normalized spacial score (nSPS) is 14.0. The average molecular weight is 379 g/mol. The predicted molar refractivity (Wildman–Crippen MR) is 109 cm³/mol. The van der Waals surface area contributed by atoms with Crippen molar-refractivity contribution >= 4 is 16.8 Å². The molecule has 1 atom stereocenters. The van der Waals surface area contributed by atoms with Crippen molar-refractivity contribution in [2.75, 3.05) is 20.3 Å². The fraction of sp³-hybridized carbons (Fsp3) is 0.318. The number of methoxy groups -OCH3 is 1. The van der Waals surface area contributed by atoms with Crippen LogP contribution in [0.5, 0.6) is 11.5 Å². The molecule has 2 aromatic carbocycles. The summed E-state index contributed by atoms with van der Waals surface area (Å²) in [4.78, 5) is 14.9. The maximum Gasteiger partial charge on any atom is 0.251 e. The van der Waals surface area contributed by atoms with Gasteiger partial charge in [0.2, 0.25) is 0 Å². The van der Waals surface area contributed by atoms with E-state index in [9.17, 15) is 4.79 Å². The topological polar surface area (TPSA) is 75.4 Å². The second kappa shape index (κ2) is 7.94. The third kappa shape index (κ3) is 3.82. The lowest BCUT2D eigenvalue weighted by atomic mass is 10.1. The highest BCUT2D eigenvalue weighted by atomic mass is 16.5. The van der Waals surface area contributed by atoms with Crippen LogP contribution in [-0.2, 0) is 13.0 Å². The van der Waals surface area contributed by atoms with E-state index in [-0.39, 0.29) is 11.9 Å². The van der Waals surface area contributed by atoms with Gasteiger partial charge in [-0.1, -0.05) is 0 Å². The zero-order valence-corrected chi connectivity index (χ0v) is 16.2. The molecule has 1 amide bonds. The number of aromatic amines is 1. The lowest BCUT2D eigenvalue weighted by molar-refractivity contribution is 0.0965. The van der Waals surface area contributed by atoms with Crippen molar-refractivity contribution in [3.05, 3.63) is 59.3 Å². The van der Waals surface area contributed by atoms with Gasteiger partial charge in [0, 0.05) is 35.2 Å². The van der Waals surface area contributed by atoms with Crippen LogP contribution in [0.1, 0.15) is 28.4 Å². The summed E-state index contributed by atoms with van der Waals surface area (Å²) in [6.45, 7) is 4.12. The van der Waals surface area contributed by atoms with Crippen molar-refractivity contribution in [2.24, 2.45) is 0 Å². The molecule has 0 bridgehead atoms. The number of nitrogens with one attached hydrogen (secondary N) is 3. The molecule has 3 aromatic rings. The van der Waals surface area contributed by atoms with E-state index in [4.69, 9.17) is 9.47 Å². The molecule has 146 valence electrons. The molecular formula is C22H25N3O3. The van der Waals surface area contributed by atoms with Crippen LogP contribution < -0.4 is 20.1 Å². The van der Waals surface area contributed by atoms with Crippen LogP contribution in [0.25, 0.3) is 10.9 Å². The molecule has 0 spiro atoms. The minimum atomic E-state index is -0.00788. The molecule has 0 fully saturated rings. The second-order valence-corrected chi connectivity index (χ2v) is 7.14. The Bertz CT molecular complexity index is 996. The highest BCUT2D eigenvalue weighted by Crippen LogP contribution is 2.24. The molecule has 0 radical (unpaired) electrons. The largest absolute Gasteiger partial charge is 0.497 e. The van der Waals surface area contributed by atoms with Crippen molar-refractivity contribution < 1.29 is 14.3 Å². The van der Waals surface area contributed by atoms with E-state index < -0.39 is 0 Å². The van der Waals surface area contributed by atoms with Gasteiger partial charge < -0.3 is 25.1 Å². The molecule has 28 heavy (non-hydrogen) atoms. The summed E-state index contributed by atoms with van der Waals surface area (Å²) in [7, 11) is 1.69. The van der Waals surface area contributed by atoms with Gasteiger partial charge in [-0.15, -0.1) is 0 Å². The Morgan fingerprint density at radius 3 is 2.89 bits per heavy atom. The molecule has 0 saturated heterocycles. The smallest absolute Gasteiger partial charge is 0.251 e. The zero-order chi connectivity index (χ0) is 19.5. The summed E-state index contributed by atoms with van der Waals surface area (Å²) in [5.74, 6) is 1.66. The van der Waals surface area contributed by atoms with E-state index in [2.05, 4.69) is 34.8 Å². The van der Waals surface area contributed by atoms with Gasteiger partial charge in [0.25, 0.3) is 5.91 Å². The molecule has 0 saturated carbocycles. The van der Waals surface area contributed by atoms with Gasteiger partial charge in [0.05, 0.1) is 7.11 Å². The maximum atomic E-state index is 11.6. The van der Waals surface area contributed by atoms with E-state index in [1.54, 1.807) is 7.11 Å². The van der Waals surface area contributed by atoms with E-state index in [1.807, 2.05) is 30.3 Å². The number of ether oxygens (including phenoxy) is 2. The number of rotatable bonds is 8. The Kier molecular flexibility index (Phi) is 5.21. The van der Waals surface area contributed by atoms with Crippen LogP contribution in [0, 0.1) is 0 Å². The van der Waals surface area contributed by atoms with Crippen molar-refractivity contribution in [2.45, 2.75) is 25.9 Å². The van der Waals surface area contributed by atoms with Crippen molar-refractivity contribution in [1.82, 2.24) is 15.6 Å². The van der Waals surface area contributed by atoms with Crippen LogP contribution >= 0.6 is 0 Å². The maximum absolute atomic E-state index is 11.6. The van der Waals surface area contributed by atoms with Crippen molar-refractivity contribution in [1.29, 1.82) is 0 Å². The first-order valence-electron chi connectivity index (χ1n) is 9.55. The number of aromatic nitrogens is 1. The Labute approximate surface area is 164 Å². The summed E-state index contributed by atoms with van der Waals surface area (Å²) in [5.41, 5.74) is 4.13. The van der Waals surface area contributed by atoms with Crippen molar-refractivity contribution in [3.63, 3.8) is 0 Å². The SMILES string of the molecule is COc1ccc2[nH]cc(CCNC(C)COc3ccc4c(c3)CNC4=O)c2c1. The molecule has 3 N–H and O–H groups in total. The highest BCUT2D eigenvalue weighted by molar-refractivity contribution is 5.98. The van der Waals surface area contributed by atoms with Crippen LogP contribution in [0.4, 0.5) is 0 Å². The van der Waals surface area contributed by atoms with E-state index in [0.717, 1.165) is 41.1 Å². The molecule has 1 aromatic heterocycles. The van der Waals surface area contributed by atoms with Crippen LogP contribution in [0.2, 0.25) is 0 Å². The molecule has 1 aliphatic rings. The van der Waals surface area contributed by atoms with Gasteiger partial charge >= 0.3 is 0 Å². The summed E-state index contributed by atoms with van der Waals surface area (Å²) in [5, 5.41) is 7.53. The molecule has 4 rings (SSSR count). The third-order valence-corrected chi connectivity index (χ3v) is 5.12. The van der Waals surface area contributed by atoms with E-state index >= 15 is 0 Å². The molecule has 6 nitrogen and oxygen atoms in total. The molecule has 0 aliphatic carbocycles. The Morgan fingerprint density at radius 1 is 1.18 bits per heavy atom. The van der Waals surface area contributed by atoms with Gasteiger partial charge in [-0.3, -0.25) is 4.79 Å². The summed E-state index contributed by atoms with van der Waals surface area (Å²) >= 11 is 0. The monoisotopic (exact) mass is 379 g/mol. The molecule has 1 unspecified atom stereocenters. The van der Waals surface area contributed by atoms with Gasteiger partial charge in [-0.25, -0.2) is 0 Å². The number of carbonyl (C=O) groups excluding carboxylic acids is 1. The standard InChI is InChI=1S/C22H25N3O3/c1-14(13-28-18-3-5-19-16(9-18)12-25-22(19)26)23-8-7-15-11-24-21-6-4-17(27-2)10-20(15)21/h3-6,9-11,14,23-24H,7-8,12-13H2,1-2H3,(H,25,26).